The van der Waals surface area contributed by atoms with E-state index in [9.17, 15) is 4.79 Å². The molecule has 0 spiro atoms. The summed E-state index contributed by atoms with van der Waals surface area (Å²) in [6, 6.07) is 12.9. The number of hydrogen-bond acceptors (Lipinski definition) is 4. The van der Waals surface area contributed by atoms with Crippen molar-refractivity contribution in [3.8, 4) is 11.5 Å². The summed E-state index contributed by atoms with van der Waals surface area (Å²) in [5.41, 5.74) is 3.36. The topological polar surface area (TPSA) is 50.8 Å². The second-order valence-corrected chi connectivity index (χ2v) is 9.95. The number of rotatable bonds is 6. The summed E-state index contributed by atoms with van der Waals surface area (Å²) < 4.78 is 11.3. The van der Waals surface area contributed by atoms with Gasteiger partial charge in [-0.2, -0.15) is 0 Å². The van der Waals surface area contributed by atoms with Crippen LogP contribution in [0.2, 0.25) is 25.1 Å². The molecular formula is C25H17Cl5N2O3S. The Labute approximate surface area is 238 Å². The molecule has 0 aromatic heterocycles. The van der Waals surface area contributed by atoms with Crippen LogP contribution in [0.4, 0.5) is 5.69 Å². The van der Waals surface area contributed by atoms with Crippen molar-refractivity contribution >= 4 is 93.0 Å². The lowest BCUT2D eigenvalue weighted by Gasteiger charge is -2.16. The maximum Gasteiger partial charge on any atom is 0.281 e. The Morgan fingerprint density at radius 1 is 0.972 bits per heavy atom. The molecule has 36 heavy (non-hydrogen) atoms. The Hall–Kier alpha value is -2.19. The predicted octanol–water partition coefficient (Wildman–Crippen LogP) is 8.11. The molecule has 1 fully saturated rings. The quantitative estimate of drug-likeness (QED) is 0.134. The van der Waals surface area contributed by atoms with E-state index in [0.717, 1.165) is 11.3 Å². The molecule has 1 heterocycles. The molecule has 0 radical (unpaired) electrons. The Kier molecular flexibility index (Phi) is 8.25. The minimum absolute atomic E-state index is 0.0169. The number of thiocarbonyl (C=S) groups is 1. The Morgan fingerprint density at radius 3 is 2.25 bits per heavy atom. The van der Waals surface area contributed by atoms with Crippen LogP contribution in [0.15, 0.2) is 48.2 Å². The fourth-order valence-corrected chi connectivity index (χ4v) is 5.12. The van der Waals surface area contributed by atoms with E-state index in [4.69, 9.17) is 79.7 Å². The largest absolute Gasteiger partial charge is 0.496 e. The van der Waals surface area contributed by atoms with E-state index in [2.05, 4.69) is 5.32 Å². The van der Waals surface area contributed by atoms with Crippen LogP contribution in [-0.2, 0) is 11.4 Å². The smallest absolute Gasteiger partial charge is 0.281 e. The molecule has 3 aromatic carbocycles. The lowest BCUT2D eigenvalue weighted by molar-refractivity contribution is -0.113. The summed E-state index contributed by atoms with van der Waals surface area (Å²) in [5, 5.41) is 3.49. The highest BCUT2D eigenvalue weighted by Gasteiger charge is 2.32. The highest BCUT2D eigenvalue weighted by Crippen LogP contribution is 2.48. The van der Waals surface area contributed by atoms with E-state index >= 15 is 0 Å². The molecule has 0 aliphatic carbocycles. The van der Waals surface area contributed by atoms with Crippen molar-refractivity contribution in [3.63, 3.8) is 0 Å². The molecule has 186 valence electrons. The summed E-state index contributed by atoms with van der Waals surface area (Å²) in [7, 11) is 1.54. The summed E-state index contributed by atoms with van der Waals surface area (Å²) in [4.78, 5) is 14.6. The molecule has 3 aromatic rings. The first-order chi connectivity index (χ1) is 17.1. The van der Waals surface area contributed by atoms with Crippen LogP contribution in [0.1, 0.15) is 16.7 Å². The standard InChI is InChI=1S/C25H17Cl5N2O3S/c1-12-5-3-4-6-16(12)32-24(33)15(31-25(32)36)10-13-7-8-17(34-2)14(9-13)11-35-23-21(29)19(27)18(26)20(28)22(23)30/h3-10H,11H2,1-2H3,(H,31,36)/b15-10+. The number of halogens is 5. The molecule has 1 N–H and O–H groups in total. The zero-order chi connectivity index (χ0) is 26.1. The molecule has 0 saturated carbocycles. The van der Waals surface area contributed by atoms with Crippen LogP contribution < -0.4 is 19.7 Å². The SMILES string of the molecule is COc1ccc(/C=C2/NC(=S)N(c3ccccc3C)C2=O)cc1COc1c(Cl)c(Cl)c(Cl)c(Cl)c1Cl. The Balaban J connectivity index is 1.63. The van der Waals surface area contributed by atoms with Crippen LogP contribution in [0.3, 0.4) is 0 Å². The summed E-state index contributed by atoms with van der Waals surface area (Å²) in [5.74, 6) is 0.389. The molecule has 0 bridgehead atoms. The third kappa shape index (κ3) is 5.12. The number of para-hydroxylation sites is 1. The lowest BCUT2D eigenvalue weighted by Crippen LogP contribution is -2.30. The highest BCUT2D eigenvalue weighted by molar-refractivity contribution is 7.80. The van der Waals surface area contributed by atoms with Crippen LogP contribution >= 0.6 is 70.2 Å². The average Bonchev–Trinajstić information content (AvgIpc) is 3.14. The minimum atomic E-state index is -0.257. The van der Waals surface area contributed by atoms with Crippen LogP contribution in [0, 0.1) is 6.92 Å². The van der Waals surface area contributed by atoms with E-state index < -0.39 is 0 Å². The van der Waals surface area contributed by atoms with Gasteiger partial charge < -0.3 is 14.8 Å². The Morgan fingerprint density at radius 2 is 1.61 bits per heavy atom. The van der Waals surface area contributed by atoms with E-state index in [1.165, 1.54) is 12.0 Å². The number of ether oxygens (including phenoxy) is 2. The first kappa shape index (κ1) is 26.9. The number of hydrogen-bond donors (Lipinski definition) is 1. The number of aryl methyl sites for hydroxylation is 1. The van der Waals surface area contributed by atoms with Gasteiger partial charge in [-0.05, 0) is 54.5 Å². The number of amides is 1. The van der Waals surface area contributed by atoms with E-state index in [1.54, 1.807) is 24.3 Å². The number of nitrogens with one attached hydrogen (secondary N) is 1. The first-order valence-electron chi connectivity index (χ1n) is 10.4. The van der Waals surface area contributed by atoms with Crippen molar-refractivity contribution in [2.45, 2.75) is 13.5 Å². The lowest BCUT2D eigenvalue weighted by atomic mass is 10.1. The number of benzene rings is 3. The maximum absolute atomic E-state index is 13.2. The summed E-state index contributed by atoms with van der Waals surface area (Å²) in [6.07, 6.45) is 1.70. The number of methoxy groups -OCH3 is 1. The number of nitrogens with zero attached hydrogens (tertiary/aromatic N) is 1. The van der Waals surface area contributed by atoms with E-state index in [-0.39, 0.29) is 43.4 Å². The molecular weight excluding hydrogens is 586 g/mol. The molecule has 0 unspecified atom stereocenters. The number of carbonyl (C=O) groups is 1. The van der Waals surface area contributed by atoms with Gasteiger partial charge >= 0.3 is 0 Å². The fraction of sp³-hybridized carbons (Fsp3) is 0.120. The van der Waals surface area contributed by atoms with E-state index in [1.807, 2.05) is 31.2 Å². The maximum atomic E-state index is 13.2. The third-order valence-corrected chi connectivity index (χ3v) is 7.92. The van der Waals surface area contributed by atoms with Gasteiger partial charge in [-0.15, -0.1) is 0 Å². The second-order valence-electron chi connectivity index (χ2n) is 7.67. The normalized spacial score (nSPS) is 14.4. The molecule has 1 amide bonds. The van der Waals surface area contributed by atoms with Gasteiger partial charge in [0.15, 0.2) is 10.9 Å². The number of carbonyl (C=O) groups excluding carboxylic acids is 1. The average molecular weight is 603 g/mol. The van der Waals surface area contributed by atoms with Gasteiger partial charge in [-0.1, -0.05) is 82.3 Å². The minimum Gasteiger partial charge on any atom is -0.496 e. The zero-order valence-corrected chi connectivity index (χ0v) is 23.4. The molecule has 11 heteroatoms. The van der Waals surface area contributed by atoms with Gasteiger partial charge in [0.1, 0.15) is 28.1 Å². The first-order valence-corrected chi connectivity index (χ1v) is 12.7. The van der Waals surface area contributed by atoms with Crippen molar-refractivity contribution in [3.05, 3.63) is 90.0 Å². The third-order valence-electron chi connectivity index (χ3n) is 5.39. The van der Waals surface area contributed by atoms with Crippen molar-refractivity contribution in [1.29, 1.82) is 0 Å². The van der Waals surface area contributed by atoms with Gasteiger partial charge in [0.05, 0.1) is 27.9 Å². The van der Waals surface area contributed by atoms with Gasteiger partial charge in [0.2, 0.25) is 0 Å². The van der Waals surface area contributed by atoms with Gasteiger partial charge in [-0.25, -0.2) is 0 Å². The van der Waals surface area contributed by atoms with Crippen LogP contribution in [0.25, 0.3) is 6.08 Å². The summed E-state index contributed by atoms with van der Waals surface area (Å²) >= 11 is 36.3. The van der Waals surface area contributed by atoms with Crippen molar-refractivity contribution in [2.24, 2.45) is 0 Å². The zero-order valence-electron chi connectivity index (χ0n) is 18.8. The van der Waals surface area contributed by atoms with Gasteiger partial charge in [0.25, 0.3) is 5.91 Å². The second kappa shape index (κ2) is 11.1. The fourth-order valence-electron chi connectivity index (χ4n) is 3.60. The molecule has 0 atom stereocenters. The van der Waals surface area contributed by atoms with E-state index in [0.29, 0.717) is 27.7 Å². The molecule has 1 saturated heterocycles. The molecule has 4 rings (SSSR count). The molecule has 1 aliphatic heterocycles. The van der Waals surface area contributed by atoms with Crippen LogP contribution in [-0.4, -0.2) is 18.1 Å². The summed E-state index contributed by atoms with van der Waals surface area (Å²) in [6.45, 7) is 1.94. The van der Waals surface area contributed by atoms with Gasteiger partial charge in [0, 0.05) is 5.56 Å². The van der Waals surface area contributed by atoms with Crippen molar-refractivity contribution in [1.82, 2.24) is 5.32 Å². The predicted molar refractivity (Wildman–Crippen MR) is 151 cm³/mol. The number of anilines is 1. The van der Waals surface area contributed by atoms with Crippen LogP contribution in [0.5, 0.6) is 11.5 Å². The highest BCUT2D eigenvalue weighted by atomic mass is 35.5. The van der Waals surface area contributed by atoms with Crippen molar-refractivity contribution in [2.75, 3.05) is 12.0 Å². The van der Waals surface area contributed by atoms with Gasteiger partial charge in [-0.3, -0.25) is 9.69 Å². The van der Waals surface area contributed by atoms with Crippen molar-refractivity contribution < 1.29 is 14.3 Å². The monoisotopic (exact) mass is 600 g/mol. The molecule has 5 nitrogen and oxygen atoms in total. The molecule has 1 aliphatic rings. The Bertz CT molecular complexity index is 1400.